The van der Waals surface area contributed by atoms with Crippen molar-refractivity contribution >= 4 is 16.0 Å². The molecule has 0 radical (unpaired) electrons. The molecule has 0 amide bonds. The fourth-order valence-electron chi connectivity index (χ4n) is 1.71. The minimum Gasteiger partial charge on any atom is -0.478 e. The van der Waals surface area contributed by atoms with Crippen LogP contribution in [0.1, 0.15) is 22.0 Å². The van der Waals surface area contributed by atoms with Gasteiger partial charge in [-0.3, -0.25) is 5.10 Å². The topological polar surface area (TPSA) is 116 Å². The Labute approximate surface area is 121 Å². The zero-order valence-electron chi connectivity index (χ0n) is 11.4. The quantitative estimate of drug-likeness (QED) is 0.836. The van der Waals surface area contributed by atoms with Gasteiger partial charge in [-0.05, 0) is 25.1 Å². The molecule has 0 atom stereocenters. The summed E-state index contributed by atoms with van der Waals surface area (Å²) in [5.41, 5.74) is -0.0850. The highest BCUT2D eigenvalue weighted by atomic mass is 32.2. The maximum atomic E-state index is 12.4. The summed E-state index contributed by atoms with van der Waals surface area (Å²) >= 11 is 0. The van der Waals surface area contributed by atoms with Gasteiger partial charge >= 0.3 is 5.97 Å². The van der Waals surface area contributed by atoms with Crippen LogP contribution in [0.15, 0.2) is 29.2 Å². The first kappa shape index (κ1) is 15.1. The van der Waals surface area contributed by atoms with Gasteiger partial charge in [-0.1, -0.05) is 6.07 Å². The Morgan fingerprint density at radius 2 is 2.14 bits per heavy atom. The van der Waals surface area contributed by atoms with E-state index in [9.17, 15) is 13.2 Å². The summed E-state index contributed by atoms with van der Waals surface area (Å²) < 4.78 is 25.8. The predicted molar refractivity (Wildman–Crippen MR) is 73.2 cm³/mol. The van der Waals surface area contributed by atoms with E-state index in [-0.39, 0.29) is 17.0 Å². The van der Waals surface area contributed by atoms with E-state index < -0.39 is 16.0 Å². The minimum atomic E-state index is -3.81. The van der Waals surface area contributed by atoms with Gasteiger partial charge in [0.15, 0.2) is 5.82 Å². The number of hydrogen-bond acceptors (Lipinski definition) is 5. The van der Waals surface area contributed by atoms with Crippen LogP contribution in [-0.2, 0) is 16.6 Å². The average Bonchev–Trinajstić information content (AvgIpc) is 2.84. The lowest BCUT2D eigenvalue weighted by Crippen LogP contribution is -2.27. The molecule has 1 aromatic heterocycles. The van der Waals surface area contributed by atoms with Crippen LogP contribution in [0.2, 0.25) is 0 Å². The molecule has 21 heavy (non-hydrogen) atoms. The maximum Gasteiger partial charge on any atom is 0.335 e. The number of nitrogens with one attached hydrogen (secondary N) is 1. The van der Waals surface area contributed by atoms with E-state index in [1.165, 1.54) is 25.2 Å². The Morgan fingerprint density at radius 3 is 2.71 bits per heavy atom. The van der Waals surface area contributed by atoms with Crippen molar-refractivity contribution in [1.29, 1.82) is 0 Å². The molecule has 9 heteroatoms. The van der Waals surface area contributed by atoms with Crippen molar-refractivity contribution in [3.63, 3.8) is 0 Å². The molecule has 0 saturated heterocycles. The number of nitrogens with zero attached hydrogens (tertiary/aromatic N) is 3. The highest BCUT2D eigenvalue weighted by Crippen LogP contribution is 2.17. The summed E-state index contributed by atoms with van der Waals surface area (Å²) in [7, 11) is -2.42. The van der Waals surface area contributed by atoms with Crippen molar-refractivity contribution < 1.29 is 18.3 Å². The van der Waals surface area contributed by atoms with Crippen LogP contribution in [0.5, 0.6) is 0 Å². The van der Waals surface area contributed by atoms with E-state index in [0.29, 0.717) is 11.6 Å². The number of aromatic nitrogens is 3. The molecular formula is C12H14N4O4S. The van der Waals surface area contributed by atoms with Crippen molar-refractivity contribution in [1.82, 2.24) is 19.5 Å². The highest BCUT2D eigenvalue weighted by Gasteiger charge is 2.23. The molecular weight excluding hydrogens is 296 g/mol. The van der Waals surface area contributed by atoms with Gasteiger partial charge in [0.05, 0.1) is 17.0 Å². The van der Waals surface area contributed by atoms with Crippen LogP contribution >= 0.6 is 0 Å². The number of carboxylic acids is 1. The minimum absolute atomic E-state index is 0.00995. The number of H-pyrrole nitrogens is 1. The first-order valence-corrected chi connectivity index (χ1v) is 7.42. The lowest BCUT2D eigenvalue weighted by atomic mass is 10.2. The summed E-state index contributed by atoms with van der Waals surface area (Å²) in [5, 5.41) is 15.4. The third-order valence-electron chi connectivity index (χ3n) is 2.80. The maximum absolute atomic E-state index is 12.4. The summed E-state index contributed by atoms with van der Waals surface area (Å²) in [6.07, 6.45) is 0. The fourth-order valence-corrected chi connectivity index (χ4v) is 2.89. The fraction of sp³-hybridized carbons (Fsp3) is 0.250. The normalized spacial score (nSPS) is 11.8. The molecule has 0 fully saturated rings. The van der Waals surface area contributed by atoms with E-state index >= 15 is 0 Å². The van der Waals surface area contributed by atoms with E-state index in [1.54, 1.807) is 6.92 Å². The van der Waals surface area contributed by atoms with Crippen molar-refractivity contribution in [2.24, 2.45) is 0 Å². The lowest BCUT2D eigenvalue weighted by molar-refractivity contribution is 0.0696. The number of carbonyl (C=O) groups is 1. The summed E-state index contributed by atoms with van der Waals surface area (Å²) in [5.74, 6) is -0.254. The number of hydrogen-bond donors (Lipinski definition) is 2. The molecule has 1 heterocycles. The van der Waals surface area contributed by atoms with Crippen molar-refractivity contribution in [3.8, 4) is 0 Å². The second-order valence-electron chi connectivity index (χ2n) is 4.43. The number of carboxylic acid groups (broad SMARTS) is 1. The van der Waals surface area contributed by atoms with Gasteiger partial charge in [-0.25, -0.2) is 18.2 Å². The van der Waals surface area contributed by atoms with Gasteiger partial charge in [0.25, 0.3) is 0 Å². The molecule has 2 N–H and O–H groups in total. The van der Waals surface area contributed by atoms with Crippen molar-refractivity contribution in [2.45, 2.75) is 18.4 Å². The third kappa shape index (κ3) is 3.26. The zero-order chi connectivity index (χ0) is 15.6. The smallest absolute Gasteiger partial charge is 0.335 e. The Morgan fingerprint density at radius 1 is 1.43 bits per heavy atom. The van der Waals surface area contributed by atoms with E-state index in [0.717, 1.165) is 10.4 Å². The molecule has 8 nitrogen and oxygen atoms in total. The molecule has 0 bridgehead atoms. The van der Waals surface area contributed by atoms with Crippen LogP contribution in [0.3, 0.4) is 0 Å². The number of aryl methyl sites for hydroxylation is 1. The molecule has 0 saturated carbocycles. The second kappa shape index (κ2) is 5.62. The van der Waals surface area contributed by atoms with Gasteiger partial charge in [-0.15, -0.1) is 0 Å². The number of rotatable bonds is 5. The molecule has 0 unspecified atom stereocenters. The number of sulfonamides is 1. The van der Waals surface area contributed by atoms with Gasteiger partial charge in [-0.2, -0.15) is 9.40 Å². The number of benzene rings is 1. The second-order valence-corrected chi connectivity index (χ2v) is 6.48. The Hall–Kier alpha value is -2.26. The molecule has 112 valence electrons. The average molecular weight is 310 g/mol. The van der Waals surface area contributed by atoms with Crippen LogP contribution in [0.25, 0.3) is 0 Å². The summed E-state index contributed by atoms with van der Waals surface area (Å²) in [6.45, 7) is 1.70. The van der Waals surface area contributed by atoms with Crippen molar-refractivity contribution in [2.75, 3.05) is 7.05 Å². The van der Waals surface area contributed by atoms with Gasteiger partial charge in [0.1, 0.15) is 5.82 Å². The molecule has 0 aliphatic rings. The molecule has 2 aromatic rings. The van der Waals surface area contributed by atoms with Gasteiger partial charge in [0.2, 0.25) is 10.0 Å². The lowest BCUT2D eigenvalue weighted by Gasteiger charge is -2.15. The molecule has 0 spiro atoms. The van der Waals surface area contributed by atoms with Gasteiger partial charge in [0, 0.05) is 7.05 Å². The zero-order valence-corrected chi connectivity index (χ0v) is 12.3. The summed E-state index contributed by atoms with van der Waals surface area (Å²) in [6, 6.07) is 5.19. The Bertz CT molecular complexity index is 769. The summed E-state index contributed by atoms with van der Waals surface area (Å²) in [4.78, 5) is 14.9. The Balaban J connectivity index is 2.28. The van der Waals surface area contributed by atoms with E-state index in [2.05, 4.69) is 15.2 Å². The highest BCUT2D eigenvalue weighted by molar-refractivity contribution is 7.89. The molecule has 1 aromatic carbocycles. The standard InChI is InChI=1S/C12H14N4O4S/c1-8-13-11(15-14-8)7-16(2)21(19,20)10-5-3-4-9(6-10)12(17)18/h3-6H,7H2,1-2H3,(H,17,18)(H,13,14,15). The van der Waals surface area contributed by atoms with Crippen LogP contribution < -0.4 is 0 Å². The number of aromatic amines is 1. The largest absolute Gasteiger partial charge is 0.478 e. The first-order chi connectivity index (χ1) is 9.80. The molecule has 2 rings (SSSR count). The third-order valence-corrected chi connectivity index (χ3v) is 4.60. The van der Waals surface area contributed by atoms with E-state index in [1.807, 2.05) is 0 Å². The van der Waals surface area contributed by atoms with Crippen molar-refractivity contribution in [3.05, 3.63) is 41.5 Å². The van der Waals surface area contributed by atoms with Gasteiger partial charge < -0.3 is 5.11 Å². The van der Waals surface area contributed by atoms with Crippen LogP contribution in [-0.4, -0.2) is 46.0 Å². The first-order valence-electron chi connectivity index (χ1n) is 5.98. The Kier molecular flexibility index (Phi) is 4.05. The SMILES string of the molecule is Cc1nc(CN(C)S(=O)(=O)c2cccc(C(=O)O)c2)n[nH]1. The molecule has 0 aliphatic heterocycles. The van der Waals surface area contributed by atoms with Crippen LogP contribution in [0, 0.1) is 6.92 Å². The number of aromatic carboxylic acids is 1. The van der Waals surface area contributed by atoms with Crippen LogP contribution in [0.4, 0.5) is 0 Å². The predicted octanol–water partition coefficient (Wildman–Crippen LogP) is 0.632. The molecule has 0 aliphatic carbocycles. The monoisotopic (exact) mass is 310 g/mol. The van der Waals surface area contributed by atoms with E-state index in [4.69, 9.17) is 5.11 Å².